The maximum atomic E-state index is 4.44. The van der Waals surface area contributed by atoms with E-state index < -0.39 is 0 Å². The Morgan fingerprint density at radius 2 is 2.06 bits per heavy atom. The number of hydrogen-bond acceptors (Lipinski definition) is 3. The van der Waals surface area contributed by atoms with Gasteiger partial charge in [0.1, 0.15) is 12.1 Å². The summed E-state index contributed by atoms with van der Waals surface area (Å²) in [4.78, 5) is 10.9. The third-order valence-corrected chi connectivity index (χ3v) is 4.12. The Bertz CT molecular complexity index is 530. The predicted molar refractivity (Wildman–Crippen MR) is 80.5 cm³/mol. The van der Waals surface area contributed by atoms with Crippen LogP contribution in [0.1, 0.15) is 24.4 Å². The van der Waals surface area contributed by atoms with Gasteiger partial charge in [0.2, 0.25) is 0 Å². The fraction of sp³-hybridized carbons (Fsp3) is 0.286. The molecule has 1 aromatic heterocycles. The highest BCUT2D eigenvalue weighted by atomic mass is 127. The molecule has 0 radical (unpaired) electrons. The average molecular weight is 351 g/mol. The summed E-state index contributed by atoms with van der Waals surface area (Å²) in [5.74, 6) is 1.07. The minimum atomic E-state index is 0.453. The second kappa shape index (κ2) is 5.22. The lowest BCUT2D eigenvalue weighted by Gasteiger charge is -2.26. The molecule has 0 N–H and O–H groups in total. The van der Waals surface area contributed by atoms with Crippen LogP contribution in [-0.4, -0.2) is 16.5 Å². The number of rotatable bonds is 2. The van der Waals surface area contributed by atoms with Gasteiger partial charge in [-0.05, 0) is 41.0 Å². The van der Waals surface area contributed by atoms with Crippen LogP contribution in [0.2, 0.25) is 0 Å². The smallest absolute Gasteiger partial charge is 0.145 e. The first-order valence-corrected chi connectivity index (χ1v) is 7.21. The van der Waals surface area contributed by atoms with Crippen LogP contribution in [0.5, 0.6) is 0 Å². The molecule has 0 amide bonds. The van der Waals surface area contributed by atoms with Gasteiger partial charge in [0, 0.05) is 12.7 Å². The molecule has 0 saturated carbocycles. The van der Waals surface area contributed by atoms with Gasteiger partial charge in [-0.3, -0.25) is 0 Å². The monoisotopic (exact) mass is 351 g/mol. The summed E-state index contributed by atoms with van der Waals surface area (Å²) < 4.78 is 1.12. The Kier molecular flexibility index (Phi) is 3.45. The van der Waals surface area contributed by atoms with Crippen molar-refractivity contribution in [1.82, 2.24) is 9.97 Å². The van der Waals surface area contributed by atoms with E-state index >= 15 is 0 Å². The first-order chi connectivity index (χ1) is 8.86. The molecule has 1 aromatic carbocycles. The molecule has 4 heteroatoms. The summed E-state index contributed by atoms with van der Waals surface area (Å²) in [5.41, 5.74) is 1.38. The van der Waals surface area contributed by atoms with Crippen LogP contribution >= 0.6 is 22.6 Å². The van der Waals surface area contributed by atoms with Crippen molar-refractivity contribution in [3.63, 3.8) is 0 Å². The lowest BCUT2D eigenvalue weighted by atomic mass is 10.0. The molecule has 1 unspecified atom stereocenters. The Morgan fingerprint density at radius 1 is 1.22 bits per heavy atom. The first-order valence-electron chi connectivity index (χ1n) is 6.13. The van der Waals surface area contributed by atoms with E-state index in [0.29, 0.717) is 6.04 Å². The maximum Gasteiger partial charge on any atom is 0.145 e. The van der Waals surface area contributed by atoms with E-state index in [4.69, 9.17) is 0 Å². The number of benzene rings is 1. The molecule has 1 saturated heterocycles. The van der Waals surface area contributed by atoms with Crippen molar-refractivity contribution in [3.05, 3.63) is 52.0 Å². The van der Waals surface area contributed by atoms with E-state index in [1.807, 2.05) is 6.20 Å². The van der Waals surface area contributed by atoms with Crippen LogP contribution in [0.3, 0.4) is 0 Å². The highest BCUT2D eigenvalue weighted by molar-refractivity contribution is 14.1. The number of halogens is 1. The Hall–Kier alpha value is -1.17. The van der Waals surface area contributed by atoms with E-state index in [9.17, 15) is 0 Å². The van der Waals surface area contributed by atoms with E-state index in [1.165, 1.54) is 18.4 Å². The summed E-state index contributed by atoms with van der Waals surface area (Å²) in [5, 5.41) is 0. The predicted octanol–water partition coefficient (Wildman–Crippen LogP) is 3.42. The molecule has 2 aromatic rings. The van der Waals surface area contributed by atoms with E-state index in [2.05, 4.69) is 67.8 Å². The number of anilines is 1. The molecule has 1 aliphatic heterocycles. The van der Waals surface area contributed by atoms with Crippen molar-refractivity contribution in [2.45, 2.75) is 18.9 Å². The minimum absolute atomic E-state index is 0.453. The van der Waals surface area contributed by atoms with E-state index in [1.54, 1.807) is 6.33 Å². The zero-order chi connectivity index (χ0) is 12.4. The number of nitrogens with zero attached hydrogens (tertiary/aromatic N) is 3. The maximum absolute atomic E-state index is 4.44. The number of hydrogen-bond donors (Lipinski definition) is 0. The third-order valence-electron chi connectivity index (χ3n) is 3.36. The molecule has 1 aliphatic rings. The largest absolute Gasteiger partial charge is 0.349 e. The van der Waals surface area contributed by atoms with Gasteiger partial charge in [0.15, 0.2) is 0 Å². The Morgan fingerprint density at radius 3 is 2.83 bits per heavy atom. The lowest BCUT2D eigenvalue weighted by molar-refractivity contribution is 0.709. The minimum Gasteiger partial charge on any atom is -0.349 e. The molecular formula is C14H14IN3. The van der Waals surface area contributed by atoms with Crippen molar-refractivity contribution in [2.75, 3.05) is 11.4 Å². The molecule has 0 spiro atoms. The standard InChI is InChI=1S/C14H14IN3/c15-12-9-16-10-17-14(12)18-8-4-7-13(18)11-5-2-1-3-6-11/h1-3,5-6,9-10,13H,4,7-8H2. The zero-order valence-electron chi connectivity index (χ0n) is 9.96. The van der Waals surface area contributed by atoms with E-state index in [-0.39, 0.29) is 0 Å². The summed E-state index contributed by atoms with van der Waals surface area (Å²) >= 11 is 2.31. The molecule has 2 heterocycles. The zero-order valence-corrected chi connectivity index (χ0v) is 12.1. The van der Waals surface area contributed by atoms with Crippen LogP contribution in [0.25, 0.3) is 0 Å². The SMILES string of the molecule is Ic1cncnc1N1CCCC1c1ccccc1. The average Bonchev–Trinajstić information content (AvgIpc) is 2.89. The summed E-state index contributed by atoms with van der Waals surface area (Å²) in [6.45, 7) is 1.08. The third kappa shape index (κ3) is 2.21. The summed E-state index contributed by atoms with van der Waals surface area (Å²) in [7, 11) is 0. The first kappa shape index (κ1) is 11.9. The second-order valence-electron chi connectivity index (χ2n) is 4.46. The van der Waals surface area contributed by atoms with Gasteiger partial charge in [-0.15, -0.1) is 0 Å². The Labute approximate surface area is 120 Å². The van der Waals surface area contributed by atoms with Crippen LogP contribution in [0.15, 0.2) is 42.9 Å². The number of aromatic nitrogens is 2. The van der Waals surface area contributed by atoms with Gasteiger partial charge in [-0.2, -0.15) is 0 Å². The van der Waals surface area contributed by atoms with Gasteiger partial charge < -0.3 is 4.90 Å². The van der Waals surface area contributed by atoms with Crippen LogP contribution < -0.4 is 4.90 Å². The van der Waals surface area contributed by atoms with Gasteiger partial charge in [-0.1, -0.05) is 30.3 Å². The fourth-order valence-electron chi connectivity index (χ4n) is 2.56. The molecule has 92 valence electrons. The van der Waals surface area contributed by atoms with Crippen LogP contribution in [0.4, 0.5) is 5.82 Å². The molecular weight excluding hydrogens is 337 g/mol. The highest BCUT2D eigenvalue weighted by Crippen LogP contribution is 2.36. The van der Waals surface area contributed by atoms with Crippen molar-refractivity contribution < 1.29 is 0 Å². The van der Waals surface area contributed by atoms with Crippen molar-refractivity contribution in [3.8, 4) is 0 Å². The molecule has 1 fully saturated rings. The van der Waals surface area contributed by atoms with Crippen LogP contribution in [0, 0.1) is 3.57 Å². The van der Waals surface area contributed by atoms with Crippen molar-refractivity contribution in [2.24, 2.45) is 0 Å². The highest BCUT2D eigenvalue weighted by Gasteiger charge is 2.28. The molecule has 1 atom stereocenters. The fourth-order valence-corrected chi connectivity index (χ4v) is 3.17. The lowest BCUT2D eigenvalue weighted by Crippen LogP contribution is -2.24. The van der Waals surface area contributed by atoms with Gasteiger partial charge in [-0.25, -0.2) is 9.97 Å². The summed E-state index contributed by atoms with van der Waals surface area (Å²) in [6.07, 6.45) is 5.94. The van der Waals surface area contributed by atoms with Crippen LogP contribution in [-0.2, 0) is 0 Å². The Balaban J connectivity index is 1.95. The van der Waals surface area contributed by atoms with Gasteiger partial charge in [0.05, 0.1) is 9.61 Å². The van der Waals surface area contributed by atoms with Crippen molar-refractivity contribution >= 4 is 28.4 Å². The summed E-state index contributed by atoms with van der Waals surface area (Å²) in [6, 6.07) is 11.1. The van der Waals surface area contributed by atoms with Gasteiger partial charge in [0.25, 0.3) is 0 Å². The molecule has 3 nitrogen and oxygen atoms in total. The van der Waals surface area contributed by atoms with E-state index in [0.717, 1.165) is 15.9 Å². The van der Waals surface area contributed by atoms with Crippen molar-refractivity contribution in [1.29, 1.82) is 0 Å². The molecule has 0 aliphatic carbocycles. The normalized spacial score (nSPS) is 19.2. The molecule has 18 heavy (non-hydrogen) atoms. The second-order valence-corrected chi connectivity index (χ2v) is 5.62. The quantitative estimate of drug-likeness (QED) is 0.777. The molecule has 3 rings (SSSR count). The molecule has 0 bridgehead atoms. The topological polar surface area (TPSA) is 29.0 Å². The van der Waals surface area contributed by atoms with Gasteiger partial charge >= 0.3 is 0 Å².